The fourth-order valence-electron chi connectivity index (χ4n) is 7.62. The molecule has 44 heavy (non-hydrogen) atoms. The van der Waals surface area contributed by atoms with Gasteiger partial charge in [-0.05, 0) is 85.8 Å². The van der Waals surface area contributed by atoms with Gasteiger partial charge in [-0.15, -0.1) is 0 Å². The Labute approximate surface area is 259 Å². The number of nitrogens with zero attached hydrogens (tertiary/aromatic N) is 3. The molecule has 1 saturated carbocycles. The van der Waals surface area contributed by atoms with E-state index in [9.17, 15) is 9.90 Å². The molecule has 1 saturated heterocycles. The Morgan fingerprint density at radius 3 is 2.45 bits per heavy atom. The molecule has 0 spiro atoms. The molecule has 7 heteroatoms. The van der Waals surface area contributed by atoms with Crippen LogP contribution in [0.15, 0.2) is 66.7 Å². The highest BCUT2D eigenvalue weighted by Crippen LogP contribution is 2.47. The van der Waals surface area contributed by atoms with Crippen LogP contribution in [0.5, 0.6) is 5.75 Å². The monoisotopic (exact) mass is 595 g/mol. The average molecular weight is 596 g/mol. The number of likely N-dealkylation sites (tertiary alicyclic amines) is 1. The minimum absolute atomic E-state index is 0.203. The second-order valence-corrected chi connectivity index (χ2v) is 12.8. The Morgan fingerprint density at radius 1 is 0.864 bits per heavy atom. The van der Waals surface area contributed by atoms with Crippen molar-refractivity contribution < 1.29 is 19.0 Å². The molecular formula is C37H42FN3O3. The predicted octanol–water partition coefficient (Wildman–Crippen LogP) is 7.49. The van der Waals surface area contributed by atoms with E-state index in [2.05, 4.69) is 38.6 Å². The van der Waals surface area contributed by atoms with Gasteiger partial charge in [0.25, 0.3) is 0 Å². The van der Waals surface area contributed by atoms with Crippen molar-refractivity contribution in [2.75, 3.05) is 32.7 Å². The maximum Gasteiger partial charge on any atom is 0.335 e. The molecule has 2 aliphatic heterocycles. The predicted molar refractivity (Wildman–Crippen MR) is 172 cm³/mol. The molecule has 1 aliphatic carbocycles. The molecule has 230 valence electrons. The smallest absolute Gasteiger partial charge is 0.335 e. The number of benzene rings is 3. The van der Waals surface area contributed by atoms with Crippen molar-refractivity contribution >= 4 is 16.9 Å². The molecule has 0 unspecified atom stereocenters. The van der Waals surface area contributed by atoms with Crippen LogP contribution < -0.4 is 4.74 Å². The summed E-state index contributed by atoms with van der Waals surface area (Å²) in [6.07, 6.45) is 4.95. The highest BCUT2D eigenvalue weighted by atomic mass is 19.1. The first-order valence-corrected chi connectivity index (χ1v) is 16.3. The van der Waals surface area contributed by atoms with Gasteiger partial charge in [-0.25, -0.2) is 9.18 Å². The molecule has 3 heterocycles. The number of carboxylic acids is 1. The van der Waals surface area contributed by atoms with E-state index in [-0.39, 0.29) is 11.5 Å². The largest absolute Gasteiger partial charge is 0.489 e. The lowest BCUT2D eigenvalue weighted by atomic mass is 9.80. The first-order valence-electron chi connectivity index (χ1n) is 16.3. The van der Waals surface area contributed by atoms with Crippen LogP contribution in [-0.4, -0.2) is 64.3 Å². The lowest BCUT2D eigenvalue weighted by Crippen LogP contribution is -2.36. The third-order valence-corrected chi connectivity index (χ3v) is 9.95. The quantitative estimate of drug-likeness (QED) is 0.229. The highest BCUT2D eigenvalue weighted by Gasteiger charge is 2.34. The maximum atomic E-state index is 15.8. The minimum atomic E-state index is -0.941. The van der Waals surface area contributed by atoms with E-state index in [1.165, 1.54) is 31.5 Å². The molecule has 1 N–H and O–H groups in total. The number of ether oxygens (including phenoxy) is 1. The number of aromatic carboxylic acids is 1. The van der Waals surface area contributed by atoms with Crippen molar-refractivity contribution in [3.8, 4) is 17.0 Å². The van der Waals surface area contributed by atoms with Gasteiger partial charge in [0.1, 0.15) is 18.5 Å². The molecule has 7 rings (SSSR count). The van der Waals surface area contributed by atoms with Gasteiger partial charge in [-0.2, -0.15) is 0 Å². The summed E-state index contributed by atoms with van der Waals surface area (Å²) in [6, 6.07) is 22.0. The van der Waals surface area contributed by atoms with Gasteiger partial charge in [0, 0.05) is 55.1 Å². The second-order valence-electron chi connectivity index (χ2n) is 12.8. The number of carbonyl (C=O) groups is 1. The van der Waals surface area contributed by atoms with Crippen molar-refractivity contribution in [2.45, 2.75) is 70.3 Å². The van der Waals surface area contributed by atoms with Crippen molar-refractivity contribution in [3.05, 3.63) is 89.0 Å². The van der Waals surface area contributed by atoms with E-state index in [0.29, 0.717) is 13.0 Å². The SMILES string of the molecule is O=C(O)c1ccc2c([C@@H]3CCCC[C@H]3F)c3n(c2c1)CCN(CCN1CCCC1)Cc1cc(OCc2ccccc2)ccc1-3. The molecule has 2 fully saturated rings. The average Bonchev–Trinajstić information content (AvgIpc) is 3.67. The summed E-state index contributed by atoms with van der Waals surface area (Å²) in [4.78, 5) is 17.1. The van der Waals surface area contributed by atoms with E-state index < -0.39 is 12.1 Å². The number of halogens is 1. The van der Waals surface area contributed by atoms with Gasteiger partial charge in [0.15, 0.2) is 0 Å². The zero-order valence-electron chi connectivity index (χ0n) is 25.4. The van der Waals surface area contributed by atoms with E-state index >= 15 is 4.39 Å². The lowest BCUT2D eigenvalue weighted by molar-refractivity contribution is 0.0697. The van der Waals surface area contributed by atoms with Gasteiger partial charge in [0.05, 0.1) is 11.3 Å². The van der Waals surface area contributed by atoms with Crippen LogP contribution in [0.3, 0.4) is 0 Å². The van der Waals surface area contributed by atoms with Crippen LogP contribution in [0, 0.1) is 0 Å². The molecular weight excluding hydrogens is 553 g/mol. The number of fused-ring (bicyclic) bond motifs is 5. The Morgan fingerprint density at radius 2 is 1.66 bits per heavy atom. The summed E-state index contributed by atoms with van der Waals surface area (Å²) in [5, 5.41) is 10.9. The zero-order valence-corrected chi connectivity index (χ0v) is 25.4. The van der Waals surface area contributed by atoms with E-state index in [1.54, 1.807) is 12.1 Å². The summed E-state index contributed by atoms with van der Waals surface area (Å²) in [5.74, 6) is -0.319. The number of carboxylic acid groups (broad SMARTS) is 1. The zero-order chi connectivity index (χ0) is 30.0. The van der Waals surface area contributed by atoms with Gasteiger partial charge in [-0.3, -0.25) is 4.90 Å². The Bertz CT molecular complexity index is 1630. The molecule has 2 atom stereocenters. The normalized spacial score (nSPS) is 21.0. The molecule has 0 amide bonds. The molecule has 3 aliphatic rings. The number of rotatable bonds is 8. The minimum Gasteiger partial charge on any atom is -0.489 e. The standard InChI is InChI=1S/C37H42FN3O3/c38-33-11-5-4-10-31(33)35-32-14-12-27(37(42)43)23-34(32)41-21-20-40(19-18-39-16-6-7-17-39)24-28-22-29(13-15-30(28)36(35)41)44-25-26-8-2-1-3-9-26/h1-3,8-9,12-15,22-23,31,33H,4-7,10-11,16-21,24-25H2,(H,42,43)/t31-,33-/m1/s1. The number of hydrogen-bond acceptors (Lipinski definition) is 4. The van der Waals surface area contributed by atoms with Gasteiger partial charge in [0.2, 0.25) is 0 Å². The topological polar surface area (TPSA) is 57.9 Å². The van der Waals surface area contributed by atoms with Crippen molar-refractivity contribution in [1.29, 1.82) is 0 Å². The Kier molecular flexibility index (Phi) is 8.41. The number of hydrogen-bond donors (Lipinski definition) is 1. The summed E-state index contributed by atoms with van der Waals surface area (Å²) in [7, 11) is 0. The molecule has 3 aromatic carbocycles. The van der Waals surface area contributed by atoms with Crippen molar-refractivity contribution in [2.24, 2.45) is 0 Å². The highest BCUT2D eigenvalue weighted by molar-refractivity contribution is 5.98. The van der Waals surface area contributed by atoms with Crippen LogP contribution in [0.1, 0.15) is 71.5 Å². The molecule has 0 radical (unpaired) electrons. The number of aromatic nitrogens is 1. The van der Waals surface area contributed by atoms with Crippen LogP contribution in [0.2, 0.25) is 0 Å². The summed E-state index contributed by atoms with van der Waals surface area (Å²) < 4.78 is 24.4. The third kappa shape index (κ3) is 5.87. The van der Waals surface area contributed by atoms with E-state index in [0.717, 1.165) is 91.0 Å². The summed E-state index contributed by atoms with van der Waals surface area (Å²) >= 11 is 0. The van der Waals surface area contributed by atoms with Gasteiger partial charge < -0.3 is 19.3 Å². The molecule has 0 bridgehead atoms. The number of alkyl halides is 1. The first-order chi connectivity index (χ1) is 21.5. The van der Waals surface area contributed by atoms with Gasteiger partial charge >= 0.3 is 5.97 Å². The van der Waals surface area contributed by atoms with Crippen LogP contribution >= 0.6 is 0 Å². The third-order valence-electron chi connectivity index (χ3n) is 9.95. The second kappa shape index (κ2) is 12.7. The van der Waals surface area contributed by atoms with Crippen molar-refractivity contribution in [1.82, 2.24) is 14.4 Å². The van der Waals surface area contributed by atoms with Crippen molar-refractivity contribution in [3.63, 3.8) is 0 Å². The van der Waals surface area contributed by atoms with Crippen LogP contribution in [0.25, 0.3) is 22.2 Å². The summed E-state index contributed by atoms with van der Waals surface area (Å²) in [5.41, 5.74) is 6.66. The first kappa shape index (κ1) is 29.1. The maximum absolute atomic E-state index is 15.8. The Hall–Kier alpha value is -3.68. The van der Waals surface area contributed by atoms with Crippen LogP contribution in [-0.2, 0) is 19.7 Å². The van der Waals surface area contributed by atoms with E-state index in [4.69, 9.17) is 4.74 Å². The molecule has 4 aromatic rings. The molecule has 6 nitrogen and oxygen atoms in total. The summed E-state index contributed by atoms with van der Waals surface area (Å²) in [6.45, 7) is 7.18. The van der Waals surface area contributed by atoms with Crippen LogP contribution in [0.4, 0.5) is 4.39 Å². The fraction of sp³-hybridized carbons (Fsp3) is 0.432. The fourth-order valence-corrected chi connectivity index (χ4v) is 7.62. The Balaban J connectivity index is 1.34. The lowest BCUT2D eigenvalue weighted by Gasteiger charge is -2.31. The van der Waals surface area contributed by atoms with Gasteiger partial charge in [-0.1, -0.05) is 49.2 Å². The molecule has 1 aromatic heterocycles. The van der Waals surface area contributed by atoms with E-state index in [1.807, 2.05) is 30.3 Å².